The van der Waals surface area contributed by atoms with E-state index in [2.05, 4.69) is 10.3 Å². The van der Waals surface area contributed by atoms with Crippen molar-refractivity contribution >= 4 is 11.9 Å². The number of aryl methyl sites for hydroxylation is 1. The molecule has 0 aromatic carbocycles. The van der Waals surface area contributed by atoms with Gasteiger partial charge in [-0.25, -0.2) is 4.79 Å². The van der Waals surface area contributed by atoms with Crippen LogP contribution in [-0.2, 0) is 4.79 Å². The maximum Gasteiger partial charge on any atom is 0.326 e. The van der Waals surface area contributed by atoms with E-state index in [1.807, 2.05) is 0 Å². The fourth-order valence-corrected chi connectivity index (χ4v) is 1.35. The first kappa shape index (κ1) is 13.1. The summed E-state index contributed by atoms with van der Waals surface area (Å²) < 4.78 is 0. The van der Waals surface area contributed by atoms with E-state index in [0.29, 0.717) is 11.3 Å². The predicted molar refractivity (Wildman–Crippen MR) is 59.6 cm³/mol. The van der Waals surface area contributed by atoms with Crippen LogP contribution in [0.3, 0.4) is 0 Å². The molecule has 0 aliphatic carbocycles. The number of aliphatic carboxylic acids is 1. The second-order valence-corrected chi connectivity index (χ2v) is 3.51. The number of nitrogens with zero attached hydrogens (tertiary/aromatic N) is 1. The van der Waals surface area contributed by atoms with Gasteiger partial charge in [0, 0.05) is 24.9 Å². The number of hydrogen-bond acceptors (Lipinski definition) is 4. The van der Waals surface area contributed by atoms with Crippen molar-refractivity contribution in [3.05, 3.63) is 29.6 Å². The van der Waals surface area contributed by atoms with E-state index in [4.69, 9.17) is 10.2 Å². The Morgan fingerprint density at radius 2 is 2.24 bits per heavy atom. The first-order valence-electron chi connectivity index (χ1n) is 5.12. The Balaban J connectivity index is 2.77. The van der Waals surface area contributed by atoms with Crippen molar-refractivity contribution in [3.63, 3.8) is 0 Å². The molecule has 0 bridgehead atoms. The van der Waals surface area contributed by atoms with E-state index >= 15 is 0 Å². The van der Waals surface area contributed by atoms with Crippen LogP contribution in [-0.4, -0.2) is 39.7 Å². The minimum absolute atomic E-state index is 0.0274. The molecule has 0 saturated carbocycles. The summed E-state index contributed by atoms with van der Waals surface area (Å²) in [7, 11) is 0. The van der Waals surface area contributed by atoms with Crippen LogP contribution in [0.1, 0.15) is 22.5 Å². The third kappa shape index (κ3) is 3.53. The number of carbonyl (C=O) groups is 2. The van der Waals surface area contributed by atoms with Gasteiger partial charge in [-0.05, 0) is 19.1 Å². The Bertz CT molecular complexity index is 420. The molecule has 1 aromatic rings. The van der Waals surface area contributed by atoms with Gasteiger partial charge >= 0.3 is 5.97 Å². The van der Waals surface area contributed by atoms with E-state index < -0.39 is 17.9 Å². The topological polar surface area (TPSA) is 99.5 Å². The molecule has 0 radical (unpaired) electrons. The van der Waals surface area contributed by atoms with Crippen LogP contribution < -0.4 is 5.32 Å². The van der Waals surface area contributed by atoms with E-state index in [-0.39, 0.29) is 13.0 Å². The molecule has 0 aliphatic rings. The van der Waals surface area contributed by atoms with Crippen LogP contribution in [0.25, 0.3) is 0 Å². The number of aromatic nitrogens is 1. The highest BCUT2D eigenvalue weighted by Crippen LogP contribution is 2.04. The van der Waals surface area contributed by atoms with Gasteiger partial charge in [0.2, 0.25) is 0 Å². The summed E-state index contributed by atoms with van der Waals surface area (Å²) in [5.41, 5.74) is 0.856. The van der Waals surface area contributed by atoms with E-state index in [0.717, 1.165) is 0 Å². The average molecular weight is 238 g/mol. The van der Waals surface area contributed by atoms with Gasteiger partial charge in [0.05, 0.1) is 5.56 Å². The first-order valence-corrected chi connectivity index (χ1v) is 5.12. The SMILES string of the molecule is Cc1ncccc1C(=O)N[C@H](CCO)C(=O)O. The van der Waals surface area contributed by atoms with Gasteiger partial charge in [0.15, 0.2) is 0 Å². The molecule has 1 amide bonds. The largest absolute Gasteiger partial charge is 0.480 e. The van der Waals surface area contributed by atoms with E-state index in [1.165, 1.54) is 0 Å². The molecule has 1 rings (SSSR count). The quantitative estimate of drug-likeness (QED) is 0.668. The highest BCUT2D eigenvalue weighted by atomic mass is 16.4. The van der Waals surface area contributed by atoms with E-state index in [9.17, 15) is 9.59 Å². The summed E-state index contributed by atoms with van der Waals surface area (Å²) in [6, 6.07) is 2.08. The summed E-state index contributed by atoms with van der Waals surface area (Å²) >= 11 is 0. The molecule has 6 nitrogen and oxygen atoms in total. The zero-order chi connectivity index (χ0) is 12.8. The molecule has 1 aromatic heterocycles. The van der Waals surface area contributed by atoms with Crippen molar-refractivity contribution in [2.45, 2.75) is 19.4 Å². The second-order valence-electron chi connectivity index (χ2n) is 3.51. The maximum absolute atomic E-state index is 11.8. The van der Waals surface area contributed by atoms with E-state index in [1.54, 1.807) is 25.3 Å². The number of carbonyl (C=O) groups excluding carboxylic acids is 1. The molecule has 0 saturated heterocycles. The fourth-order valence-electron chi connectivity index (χ4n) is 1.35. The van der Waals surface area contributed by atoms with Gasteiger partial charge in [-0.1, -0.05) is 0 Å². The number of nitrogens with one attached hydrogen (secondary N) is 1. The van der Waals surface area contributed by atoms with Gasteiger partial charge < -0.3 is 15.5 Å². The lowest BCUT2D eigenvalue weighted by atomic mass is 10.1. The first-order chi connectivity index (χ1) is 8.06. The number of pyridine rings is 1. The second kappa shape index (κ2) is 5.95. The maximum atomic E-state index is 11.8. The zero-order valence-electron chi connectivity index (χ0n) is 9.38. The summed E-state index contributed by atoms with van der Waals surface area (Å²) in [6.07, 6.45) is 1.52. The molecule has 1 heterocycles. The molecule has 1 atom stereocenters. The summed E-state index contributed by atoms with van der Waals surface area (Å²) in [5, 5.41) is 19.9. The van der Waals surface area contributed by atoms with Gasteiger partial charge in [-0.3, -0.25) is 9.78 Å². The van der Waals surface area contributed by atoms with Crippen LogP contribution in [0.2, 0.25) is 0 Å². The van der Waals surface area contributed by atoms with Gasteiger partial charge in [-0.15, -0.1) is 0 Å². The summed E-state index contributed by atoms with van der Waals surface area (Å²) in [5.74, 6) is -1.68. The Labute approximate surface area is 98.3 Å². The van der Waals surface area contributed by atoms with Crippen LogP contribution in [0.4, 0.5) is 0 Å². The third-order valence-electron chi connectivity index (χ3n) is 2.27. The number of hydrogen-bond donors (Lipinski definition) is 3. The Kier molecular flexibility index (Phi) is 4.59. The standard InChI is InChI=1S/C11H14N2O4/c1-7-8(3-2-5-12-7)10(15)13-9(4-6-14)11(16)17/h2-3,5,9,14H,4,6H2,1H3,(H,13,15)(H,16,17)/t9-/m1/s1. The Morgan fingerprint density at radius 3 is 2.76 bits per heavy atom. The molecule has 3 N–H and O–H groups in total. The zero-order valence-corrected chi connectivity index (χ0v) is 9.38. The Morgan fingerprint density at radius 1 is 1.53 bits per heavy atom. The fraction of sp³-hybridized carbons (Fsp3) is 0.364. The average Bonchev–Trinajstić information content (AvgIpc) is 2.28. The monoisotopic (exact) mass is 238 g/mol. The molecule has 0 aliphatic heterocycles. The molecule has 0 unspecified atom stereocenters. The van der Waals surface area contributed by atoms with Gasteiger partial charge in [0.25, 0.3) is 5.91 Å². The van der Waals surface area contributed by atoms with Crippen molar-refractivity contribution in [2.75, 3.05) is 6.61 Å². The van der Waals surface area contributed by atoms with Crippen LogP contribution in [0.5, 0.6) is 0 Å². The minimum atomic E-state index is -1.17. The lowest BCUT2D eigenvalue weighted by Gasteiger charge is -2.13. The normalized spacial score (nSPS) is 11.9. The van der Waals surface area contributed by atoms with Crippen molar-refractivity contribution in [2.24, 2.45) is 0 Å². The number of rotatable bonds is 5. The number of aliphatic hydroxyl groups is 1. The number of amides is 1. The highest BCUT2D eigenvalue weighted by molar-refractivity contribution is 5.97. The number of carboxylic acid groups (broad SMARTS) is 1. The molecule has 0 fully saturated rings. The van der Waals surface area contributed by atoms with Crippen LogP contribution in [0, 0.1) is 6.92 Å². The van der Waals surface area contributed by atoms with Crippen molar-refractivity contribution < 1.29 is 19.8 Å². The lowest BCUT2D eigenvalue weighted by molar-refractivity contribution is -0.139. The minimum Gasteiger partial charge on any atom is -0.480 e. The molecule has 6 heteroatoms. The molecular formula is C11H14N2O4. The molecule has 17 heavy (non-hydrogen) atoms. The number of carboxylic acids is 1. The van der Waals surface area contributed by atoms with Crippen molar-refractivity contribution in [3.8, 4) is 0 Å². The smallest absolute Gasteiger partial charge is 0.326 e. The van der Waals surface area contributed by atoms with Crippen molar-refractivity contribution in [1.29, 1.82) is 0 Å². The Hall–Kier alpha value is -1.95. The van der Waals surface area contributed by atoms with Gasteiger partial charge in [0.1, 0.15) is 6.04 Å². The molecule has 0 spiro atoms. The van der Waals surface area contributed by atoms with Crippen molar-refractivity contribution in [1.82, 2.24) is 10.3 Å². The lowest BCUT2D eigenvalue weighted by Crippen LogP contribution is -2.41. The molecular weight excluding hydrogens is 224 g/mol. The third-order valence-corrected chi connectivity index (χ3v) is 2.27. The van der Waals surface area contributed by atoms with Gasteiger partial charge in [-0.2, -0.15) is 0 Å². The predicted octanol–water partition coefficient (Wildman–Crippen LogP) is -0.0446. The number of aliphatic hydroxyl groups excluding tert-OH is 1. The molecule has 92 valence electrons. The highest BCUT2D eigenvalue weighted by Gasteiger charge is 2.20. The summed E-state index contributed by atoms with van der Waals surface area (Å²) in [6.45, 7) is 1.36. The van der Waals surface area contributed by atoms with Crippen LogP contribution >= 0.6 is 0 Å². The van der Waals surface area contributed by atoms with Crippen LogP contribution in [0.15, 0.2) is 18.3 Å². The summed E-state index contributed by atoms with van der Waals surface area (Å²) in [4.78, 5) is 26.5.